The van der Waals surface area contributed by atoms with Crippen molar-refractivity contribution in [3.63, 3.8) is 0 Å². The summed E-state index contributed by atoms with van der Waals surface area (Å²) in [4.78, 5) is 12.3. The summed E-state index contributed by atoms with van der Waals surface area (Å²) in [6, 6.07) is 7.64. The van der Waals surface area contributed by atoms with E-state index in [0.717, 1.165) is 17.7 Å². The molecule has 0 spiro atoms. The maximum Gasteiger partial charge on any atom is 0.324 e. The van der Waals surface area contributed by atoms with Gasteiger partial charge in [-0.2, -0.15) is 5.10 Å². The Hall–Kier alpha value is -3.29. The van der Waals surface area contributed by atoms with E-state index in [1.54, 1.807) is 18.3 Å². The Bertz CT molecular complexity index is 985. The summed E-state index contributed by atoms with van der Waals surface area (Å²) in [7, 11) is 0. The number of carbonyl (C=O) groups excluding carboxylic acids is 1. The molecule has 1 aromatic heterocycles. The molecular formula is C19H17F3N4O. The number of nitrogens with zero attached hydrogens (tertiary/aromatic N) is 1. The number of para-hydroxylation sites is 1. The summed E-state index contributed by atoms with van der Waals surface area (Å²) in [6.07, 6.45) is 1.62. The van der Waals surface area contributed by atoms with Crippen LogP contribution in [-0.2, 0) is 0 Å². The predicted molar refractivity (Wildman–Crippen MR) is 97.1 cm³/mol. The highest BCUT2D eigenvalue weighted by molar-refractivity contribution is 6.02. The van der Waals surface area contributed by atoms with Gasteiger partial charge in [-0.25, -0.2) is 18.0 Å². The molecule has 2 aromatic carbocycles. The summed E-state index contributed by atoms with van der Waals surface area (Å²) in [5.41, 5.74) is 1.13. The summed E-state index contributed by atoms with van der Waals surface area (Å²) >= 11 is 0. The highest BCUT2D eigenvalue weighted by Gasteiger charge is 2.18. The van der Waals surface area contributed by atoms with Gasteiger partial charge in [-0.15, -0.1) is 0 Å². The van der Waals surface area contributed by atoms with Gasteiger partial charge in [0.15, 0.2) is 17.5 Å². The topological polar surface area (TPSA) is 69.8 Å². The van der Waals surface area contributed by atoms with E-state index < -0.39 is 23.5 Å². The van der Waals surface area contributed by atoms with E-state index in [2.05, 4.69) is 20.8 Å². The minimum atomic E-state index is -1.56. The van der Waals surface area contributed by atoms with Gasteiger partial charge in [0, 0.05) is 16.7 Å². The Morgan fingerprint density at radius 2 is 1.74 bits per heavy atom. The van der Waals surface area contributed by atoms with E-state index in [4.69, 9.17) is 0 Å². The number of rotatable bonds is 4. The largest absolute Gasteiger partial charge is 0.324 e. The van der Waals surface area contributed by atoms with E-state index >= 15 is 0 Å². The lowest BCUT2D eigenvalue weighted by atomic mass is 10.0. The Balaban J connectivity index is 1.88. The average Bonchev–Trinajstić information content (AvgIpc) is 3.09. The van der Waals surface area contributed by atoms with Crippen molar-refractivity contribution in [3.05, 3.63) is 65.6 Å². The number of anilines is 2. The molecule has 1 heterocycles. The van der Waals surface area contributed by atoms with Crippen molar-refractivity contribution in [2.24, 2.45) is 0 Å². The van der Waals surface area contributed by atoms with Crippen LogP contribution in [0.5, 0.6) is 0 Å². The van der Waals surface area contributed by atoms with Crippen LogP contribution in [-0.4, -0.2) is 16.2 Å². The van der Waals surface area contributed by atoms with Crippen LogP contribution in [0, 0.1) is 17.5 Å². The molecule has 27 heavy (non-hydrogen) atoms. The number of amides is 2. The molecule has 0 radical (unpaired) electrons. The minimum Gasteiger partial charge on any atom is -0.307 e. The van der Waals surface area contributed by atoms with Crippen LogP contribution in [0.15, 0.2) is 42.6 Å². The molecule has 0 aliphatic carbocycles. The van der Waals surface area contributed by atoms with Crippen LogP contribution in [0.2, 0.25) is 0 Å². The molecule has 5 nitrogen and oxygen atoms in total. The normalized spacial score (nSPS) is 10.9. The first-order chi connectivity index (χ1) is 12.9. The summed E-state index contributed by atoms with van der Waals surface area (Å²) in [6.45, 7) is 3.91. The van der Waals surface area contributed by atoms with Gasteiger partial charge >= 0.3 is 6.03 Å². The fourth-order valence-corrected chi connectivity index (χ4v) is 2.66. The van der Waals surface area contributed by atoms with Crippen molar-refractivity contribution >= 4 is 17.5 Å². The van der Waals surface area contributed by atoms with Gasteiger partial charge in [-0.3, -0.25) is 10.4 Å². The molecule has 3 N–H and O–H groups in total. The first-order valence-electron chi connectivity index (χ1n) is 8.22. The summed E-state index contributed by atoms with van der Waals surface area (Å²) in [5.74, 6) is -3.58. The Kier molecular flexibility index (Phi) is 5.16. The zero-order valence-electron chi connectivity index (χ0n) is 14.6. The first kappa shape index (κ1) is 18.5. The first-order valence-corrected chi connectivity index (χ1v) is 8.22. The Morgan fingerprint density at radius 3 is 2.48 bits per heavy atom. The van der Waals surface area contributed by atoms with E-state index in [-0.39, 0.29) is 22.7 Å². The van der Waals surface area contributed by atoms with Gasteiger partial charge in [-0.1, -0.05) is 32.0 Å². The molecule has 0 fully saturated rings. The standard InChI is InChI=1S/C19H17F3N4O/c1-10(2)13-9-23-26-18(13)25-19(27)24-15-6-4-3-5-11(15)12-7-8-14(20)17(22)16(12)21/h3-10H,1-2H3,(H3,23,24,25,26,27). The number of carbonyl (C=O) groups is 1. The number of aromatic amines is 1. The third-order valence-electron chi connectivity index (χ3n) is 4.03. The van der Waals surface area contributed by atoms with Gasteiger partial charge in [0.1, 0.15) is 5.82 Å². The van der Waals surface area contributed by atoms with Crippen LogP contribution >= 0.6 is 0 Å². The molecule has 2 amide bonds. The van der Waals surface area contributed by atoms with Gasteiger partial charge in [0.25, 0.3) is 0 Å². The number of aromatic nitrogens is 2. The second-order valence-electron chi connectivity index (χ2n) is 6.20. The van der Waals surface area contributed by atoms with Gasteiger partial charge in [-0.05, 0) is 24.1 Å². The fourth-order valence-electron chi connectivity index (χ4n) is 2.66. The Morgan fingerprint density at radius 1 is 1.00 bits per heavy atom. The molecule has 0 atom stereocenters. The number of H-pyrrole nitrogens is 1. The lowest BCUT2D eigenvalue weighted by Gasteiger charge is -2.13. The third-order valence-corrected chi connectivity index (χ3v) is 4.03. The maximum atomic E-state index is 14.2. The number of benzene rings is 2. The smallest absolute Gasteiger partial charge is 0.307 e. The molecule has 140 valence electrons. The predicted octanol–water partition coefficient (Wildman–Crippen LogP) is 5.26. The molecular weight excluding hydrogens is 357 g/mol. The van der Waals surface area contributed by atoms with Gasteiger partial charge < -0.3 is 5.32 Å². The molecule has 0 unspecified atom stereocenters. The minimum absolute atomic E-state index is 0.141. The lowest BCUT2D eigenvalue weighted by Crippen LogP contribution is -2.21. The second kappa shape index (κ2) is 7.53. The molecule has 0 aliphatic rings. The van der Waals surface area contributed by atoms with Crippen LogP contribution in [0.3, 0.4) is 0 Å². The Labute approximate surface area is 153 Å². The molecule has 0 saturated carbocycles. The van der Waals surface area contributed by atoms with Crippen molar-refractivity contribution in [3.8, 4) is 11.1 Å². The zero-order chi connectivity index (χ0) is 19.6. The van der Waals surface area contributed by atoms with E-state index in [0.29, 0.717) is 5.82 Å². The van der Waals surface area contributed by atoms with Gasteiger partial charge in [0.2, 0.25) is 0 Å². The highest BCUT2D eigenvalue weighted by atomic mass is 19.2. The number of hydrogen-bond donors (Lipinski definition) is 3. The molecule has 3 rings (SSSR count). The quantitative estimate of drug-likeness (QED) is 0.545. The van der Waals surface area contributed by atoms with Crippen molar-refractivity contribution in [1.82, 2.24) is 10.2 Å². The molecule has 0 bridgehead atoms. The van der Waals surface area contributed by atoms with Crippen molar-refractivity contribution < 1.29 is 18.0 Å². The van der Waals surface area contributed by atoms with Crippen LogP contribution in [0.1, 0.15) is 25.3 Å². The van der Waals surface area contributed by atoms with Crippen LogP contribution < -0.4 is 10.6 Å². The zero-order valence-corrected chi connectivity index (χ0v) is 14.6. The van der Waals surface area contributed by atoms with E-state index in [1.807, 2.05) is 13.8 Å². The SMILES string of the molecule is CC(C)c1cn[nH]c1NC(=O)Nc1ccccc1-c1ccc(F)c(F)c1F. The lowest BCUT2D eigenvalue weighted by molar-refractivity contribution is 0.262. The number of hydrogen-bond acceptors (Lipinski definition) is 2. The van der Waals surface area contributed by atoms with E-state index in [9.17, 15) is 18.0 Å². The maximum absolute atomic E-state index is 14.2. The molecule has 3 aromatic rings. The summed E-state index contributed by atoms with van der Waals surface area (Å²) < 4.78 is 40.9. The average molecular weight is 374 g/mol. The third kappa shape index (κ3) is 3.79. The number of urea groups is 1. The summed E-state index contributed by atoms with van der Waals surface area (Å²) in [5, 5.41) is 11.8. The molecule has 0 saturated heterocycles. The number of halogens is 3. The molecule has 0 aliphatic heterocycles. The fraction of sp³-hybridized carbons (Fsp3) is 0.158. The van der Waals surface area contributed by atoms with Gasteiger partial charge in [0.05, 0.1) is 11.9 Å². The monoisotopic (exact) mass is 374 g/mol. The van der Waals surface area contributed by atoms with Crippen LogP contribution in [0.4, 0.5) is 29.5 Å². The molecule has 8 heteroatoms. The second-order valence-corrected chi connectivity index (χ2v) is 6.20. The number of nitrogens with one attached hydrogen (secondary N) is 3. The van der Waals surface area contributed by atoms with Crippen molar-refractivity contribution in [2.45, 2.75) is 19.8 Å². The van der Waals surface area contributed by atoms with Crippen molar-refractivity contribution in [2.75, 3.05) is 10.6 Å². The van der Waals surface area contributed by atoms with Crippen molar-refractivity contribution in [1.29, 1.82) is 0 Å². The van der Waals surface area contributed by atoms with E-state index in [1.165, 1.54) is 12.1 Å². The highest BCUT2D eigenvalue weighted by Crippen LogP contribution is 2.32. The van der Waals surface area contributed by atoms with Crippen LogP contribution in [0.25, 0.3) is 11.1 Å².